The molecule has 1 aromatic rings. The molecule has 2 rings (SSSR count). The van der Waals surface area contributed by atoms with Crippen molar-refractivity contribution in [1.29, 1.82) is 0 Å². The molecule has 92 valence electrons. The van der Waals surface area contributed by atoms with Crippen molar-refractivity contribution in [2.24, 2.45) is 0 Å². The summed E-state index contributed by atoms with van der Waals surface area (Å²) in [5.41, 5.74) is 0.0199. The van der Waals surface area contributed by atoms with E-state index in [1.165, 1.54) is 12.1 Å². The van der Waals surface area contributed by atoms with E-state index in [1.807, 2.05) is 4.90 Å². The van der Waals surface area contributed by atoms with Gasteiger partial charge in [0.2, 0.25) is 0 Å². The van der Waals surface area contributed by atoms with Gasteiger partial charge in [-0.1, -0.05) is 0 Å². The molecule has 1 aromatic heterocycles. The predicted octanol–water partition coefficient (Wildman–Crippen LogP) is 1.17. The molecule has 0 bridgehead atoms. The minimum absolute atomic E-state index is 0.0963. The van der Waals surface area contributed by atoms with Gasteiger partial charge in [0, 0.05) is 18.2 Å². The van der Waals surface area contributed by atoms with Gasteiger partial charge in [0.1, 0.15) is 5.69 Å². The van der Waals surface area contributed by atoms with Gasteiger partial charge in [0.25, 0.3) is 11.5 Å². The number of likely N-dealkylation sites (tertiary alicyclic amines) is 1. The first-order valence-corrected chi connectivity index (χ1v) is 5.98. The zero-order chi connectivity index (χ0) is 12.4. The number of hydrogen-bond acceptors (Lipinski definition) is 3. The van der Waals surface area contributed by atoms with E-state index in [2.05, 4.69) is 24.0 Å². The Balaban J connectivity index is 2.23. The molecule has 0 radical (unpaired) electrons. The van der Waals surface area contributed by atoms with Crippen LogP contribution in [0.5, 0.6) is 0 Å². The molecule has 1 amide bonds. The average Bonchev–Trinajstić information content (AvgIpc) is 2.29. The Morgan fingerprint density at radius 2 is 2.00 bits per heavy atom. The third-order valence-corrected chi connectivity index (χ3v) is 3.33. The number of piperidine rings is 1. The second kappa shape index (κ2) is 4.69. The highest BCUT2D eigenvalue weighted by Gasteiger charge is 2.30. The Morgan fingerprint density at radius 3 is 2.53 bits per heavy atom. The number of aromatic nitrogens is 2. The molecule has 1 aliphatic rings. The van der Waals surface area contributed by atoms with E-state index in [9.17, 15) is 9.59 Å². The van der Waals surface area contributed by atoms with Crippen LogP contribution in [-0.2, 0) is 0 Å². The molecule has 0 unspecified atom stereocenters. The van der Waals surface area contributed by atoms with Crippen LogP contribution in [0.3, 0.4) is 0 Å². The van der Waals surface area contributed by atoms with E-state index in [0.717, 1.165) is 19.3 Å². The fraction of sp³-hybridized carbons (Fsp3) is 0.583. The lowest BCUT2D eigenvalue weighted by molar-refractivity contribution is 0.0503. The maximum Gasteiger partial charge on any atom is 0.274 e. The van der Waals surface area contributed by atoms with Crippen molar-refractivity contribution in [3.63, 3.8) is 0 Å². The molecule has 1 N–H and O–H groups in total. The summed E-state index contributed by atoms with van der Waals surface area (Å²) in [6.07, 6.45) is 3.21. The maximum absolute atomic E-state index is 12.3. The van der Waals surface area contributed by atoms with Gasteiger partial charge in [0.15, 0.2) is 0 Å². The molecule has 1 aliphatic heterocycles. The van der Waals surface area contributed by atoms with E-state index in [0.29, 0.717) is 5.69 Å². The average molecular weight is 235 g/mol. The number of hydrogen-bond donors (Lipinski definition) is 1. The predicted molar refractivity (Wildman–Crippen MR) is 63.8 cm³/mol. The molecule has 5 heteroatoms. The van der Waals surface area contributed by atoms with Gasteiger partial charge >= 0.3 is 0 Å². The monoisotopic (exact) mass is 235 g/mol. The molecule has 0 aromatic carbocycles. The van der Waals surface area contributed by atoms with Crippen molar-refractivity contribution in [2.45, 2.75) is 45.2 Å². The molecule has 0 aliphatic carbocycles. The Bertz CT molecular complexity index is 439. The summed E-state index contributed by atoms with van der Waals surface area (Å²) < 4.78 is 0. The number of H-pyrrole nitrogens is 1. The largest absolute Gasteiger partial charge is 0.332 e. The third kappa shape index (κ3) is 2.38. The zero-order valence-corrected chi connectivity index (χ0v) is 10.1. The van der Waals surface area contributed by atoms with Gasteiger partial charge in [-0.25, -0.2) is 5.10 Å². The second-order valence-electron chi connectivity index (χ2n) is 4.65. The molecule has 2 atom stereocenters. The highest BCUT2D eigenvalue weighted by Crippen LogP contribution is 2.23. The Kier molecular flexibility index (Phi) is 3.26. The molecule has 1 fully saturated rings. The van der Waals surface area contributed by atoms with E-state index in [-0.39, 0.29) is 23.6 Å². The lowest BCUT2D eigenvalue weighted by Crippen LogP contribution is -2.47. The van der Waals surface area contributed by atoms with Crippen LogP contribution in [0, 0.1) is 0 Å². The van der Waals surface area contributed by atoms with Gasteiger partial charge < -0.3 is 4.90 Å². The fourth-order valence-corrected chi connectivity index (χ4v) is 2.42. The van der Waals surface area contributed by atoms with Crippen LogP contribution >= 0.6 is 0 Å². The number of rotatable bonds is 1. The number of aromatic amines is 1. The van der Waals surface area contributed by atoms with E-state index in [4.69, 9.17) is 0 Å². The van der Waals surface area contributed by atoms with E-state index >= 15 is 0 Å². The maximum atomic E-state index is 12.3. The van der Waals surface area contributed by atoms with Crippen LogP contribution in [0.4, 0.5) is 0 Å². The van der Waals surface area contributed by atoms with Crippen molar-refractivity contribution in [1.82, 2.24) is 15.1 Å². The fourth-order valence-electron chi connectivity index (χ4n) is 2.42. The first-order valence-electron chi connectivity index (χ1n) is 5.98. The standard InChI is InChI=1S/C12H17N3O2/c1-8-4-3-5-9(2)15(8)12(17)10-6-7-11(16)14-13-10/h6-9H,3-5H2,1-2H3,(H,14,16)/t8-,9-/m0/s1. The summed E-state index contributed by atoms with van der Waals surface area (Å²) >= 11 is 0. The number of carbonyl (C=O) groups excluding carboxylic acids is 1. The van der Waals surface area contributed by atoms with Crippen LogP contribution in [0.25, 0.3) is 0 Å². The molecule has 17 heavy (non-hydrogen) atoms. The van der Waals surface area contributed by atoms with Crippen molar-refractivity contribution < 1.29 is 4.79 Å². The summed E-state index contributed by atoms with van der Waals surface area (Å²) in [5.74, 6) is -0.0963. The smallest absolute Gasteiger partial charge is 0.274 e. The van der Waals surface area contributed by atoms with Gasteiger partial charge in [-0.05, 0) is 39.2 Å². The van der Waals surface area contributed by atoms with E-state index < -0.39 is 0 Å². The van der Waals surface area contributed by atoms with Crippen molar-refractivity contribution >= 4 is 5.91 Å². The van der Waals surface area contributed by atoms with Crippen LogP contribution < -0.4 is 5.56 Å². The Morgan fingerprint density at radius 1 is 1.35 bits per heavy atom. The first-order chi connectivity index (χ1) is 8.09. The third-order valence-electron chi connectivity index (χ3n) is 3.33. The van der Waals surface area contributed by atoms with Crippen molar-refractivity contribution in [3.8, 4) is 0 Å². The molecule has 1 saturated heterocycles. The number of carbonyl (C=O) groups is 1. The molecule has 0 saturated carbocycles. The summed E-state index contributed by atoms with van der Waals surface area (Å²) in [7, 11) is 0. The molecule has 0 spiro atoms. The minimum Gasteiger partial charge on any atom is -0.332 e. The number of nitrogens with one attached hydrogen (secondary N) is 1. The lowest BCUT2D eigenvalue weighted by atomic mass is 9.97. The Hall–Kier alpha value is -1.65. The highest BCUT2D eigenvalue weighted by atomic mass is 16.2. The summed E-state index contributed by atoms with van der Waals surface area (Å²) in [6.45, 7) is 4.11. The van der Waals surface area contributed by atoms with Gasteiger partial charge in [-0.3, -0.25) is 9.59 Å². The molecule has 2 heterocycles. The summed E-state index contributed by atoms with van der Waals surface area (Å²) in [6, 6.07) is 3.29. The van der Waals surface area contributed by atoms with Crippen molar-refractivity contribution in [2.75, 3.05) is 0 Å². The van der Waals surface area contributed by atoms with E-state index in [1.54, 1.807) is 0 Å². The van der Waals surface area contributed by atoms with Gasteiger partial charge in [-0.2, -0.15) is 5.10 Å². The second-order valence-corrected chi connectivity index (χ2v) is 4.65. The lowest BCUT2D eigenvalue weighted by Gasteiger charge is -2.38. The molecular formula is C12H17N3O2. The first kappa shape index (κ1) is 11.8. The highest BCUT2D eigenvalue weighted by molar-refractivity contribution is 5.92. The van der Waals surface area contributed by atoms with Crippen LogP contribution in [0.2, 0.25) is 0 Å². The van der Waals surface area contributed by atoms with Gasteiger partial charge in [-0.15, -0.1) is 0 Å². The van der Waals surface area contributed by atoms with Crippen LogP contribution in [0.1, 0.15) is 43.6 Å². The number of amides is 1. The van der Waals surface area contributed by atoms with Crippen LogP contribution in [-0.4, -0.2) is 33.1 Å². The molecular weight excluding hydrogens is 218 g/mol. The Labute approximate surface area is 99.8 Å². The quantitative estimate of drug-likeness (QED) is 0.794. The normalized spacial score (nSPS) is 24.7. The topological polar surface area (TPSA) is 66.1 Å². The summed E-state index contributed by atoms with van der Waals surface area (Å²) in [4.78, 5) is 25.0. The van der Waals surface area contributed by atoms with Crippen LogP contribution in [0.15, 0.2) is 16.9 Å². The summed E-state index contributed by atoms with van der Waals surface area (Å²) in [5, 5.41) is 6.09. The minimum atomic E-state index is -0.290. The molecule has 5 nitrogen and oxygen atoms in total. The SMILES string of the molecule is C[C@H]1CCC[C@H](C)N1C(=O)c1ccc(=O)[nH]n1. The van der Waals surface area contributed by atoms with Crippen molar-refractivity contribution in [3.05, 3.63) is 28.2 Å². The van der Waals surface area contributed by atoms with Gasteiger partial charge in [0.05, 0.1) is 0 Å². The number of nitrogens with zero attached hydrogens (tertiary/aromatic N) is 2. The zero-order valence-electron chi connectivity index (χ0n) is 10.1.